The monoisotopic (exact) mass is 272 g/mol. The first-order chi connectivity index (χ1) is 9.61. The van der Waals surface area contributed by atoms with Gasteiger partial charge in [0.15, 0.2) is 0 Å². The summed E-state index contributed by atoms with van der Waals surface area (Å²) in [5.41, 5.74) is 3.18. The summed E-state index contributed by atoms with van der Waals surface area (Å²) in [7, 11) is 0. The predicted molar refractivity (Wildman–Crippen MR) is 74.6 cm³/mol. The zero-order valence-corrected chi connectivity index (χ0v) is 11.0. The van der Waals surface area contributed by atoms with Gasteiger partial charge in [-0.3, -0.25) is 0 Å². The Morgan fingerprint density at radius 3 is 2.45 bits per heavy atom. The largest absolute Gasteiger partial charge is 0.380 e. The number of nitriles is 1. The Bertz CT molecular complexity index is 628. The van der Waals surface area contributed by atoms with E-state index in [4.69, 9.17) is 5.26 Å². The van der Waals surface area contributed by atoms with E-state index in [1.807, 2.05) is 25.1 Å². The number of hydrogen-bond donors (Lipinski definition) is 1. The third-order valence-corrected chi connectivity index (χ3v) is 3.10. The van der Waals surface area contributed by atoms with E-state index in [0.717, 1.165) is 16.8 Å². The standard InChI is InChI=1S/C16H14F2N2/c1-11-3-2-4-15(14(11)9-19)20-10-12-5-7-13(8-6-12)16(17)18/h2-8,16,20H,10H2,1H3. The third-order valence-electron chi connectivity index (χ3n) is 3.10. The van der Waals surface area contributed by atoms with E-state index in [9.17, 15) is 8.78 Å². The number of alkyl halides is 2. The molecule has 2 rings (SSSR count). The average Bonchev–Trinajstić information content (AvgIpc) is 2.45. The highest BCUT2D eigenvalue weighted by atomic mass is 19.3. The maximum Gasteiger partial charge on any atom is 0.263 e. The molecule has 0 aromatic heterocycles. The molecule has 4 heteroatoms. The molecule has 0 amide bonds. The fourth-order valence-corrected chi connectivity index (χ4v) is 1.94. The van der Waals surface area contributed by atoms with Crippen LogP contribution < -0.4 is 5.32 Å². The van der Waals surface area contributed by atoms with Gasteiger partial charge in [-0.2, -0.15) is 5.26 Å². The molecule has 0 aliphatic carbocycles. The van der Waals surface area contributed by atoms with Gasteiger partial charge in [-0.1, -0.05) is 36.4 Å². The van der Waals surface area contributed by atoms with Crippen molar-refractivity contribution in [2.75, 3.05) is 5.32 Å². The lowest BCUT2D eigenvalue weighted by molar-refractivity contribution is 0.151. The number of nitrogens with zero attached hydrogens (tertiary/aromatic N) is 1. The van der Waals surface area contributed by atoms with Gasteiger partial charge < -0.3 is 5.32 Å². The summed E-state index contributed by atoms with van der Waals surface area (Å²) in [5.74, 6) is 0. The Morgan fingerprint density at radius 2 is 1.85 bits per heavy atom. The topological polar surface area (TPSA) is 35.8 Å². The van der Waals surface area contributed by atoms with Gasteiger partial charge in [-0.05, 0) is 24.1 Å². The Kier molecular flexibility index (Phi) is 4.31. The van der Waals surface area contributed by atoms with Crippen LogP contribution in [-0.2, 0) is 6.54 Å². The lowest BCUT2D eigenvalue weighted by Crippen LogP contribution is -2.02. The first-order valence-corrected chi connectivity index (χ1v) is 6.22. The van der Waals surface area contributed by atoms with E-state index in [1.54, 1.807) is 12.1 Å². The molecule has 0 unspecified atom stereocenters. The van der Waals surface area contributed by atoms with Crippen molar-refractivity contribution in [1.29, 1.82) is 5.26 Å². The fourth-order valence-electron chi connectivity index (χ4n) is 1.94. The molecule has 20 heavy (non-hydrogen) atoms. The molecule has 0 heterocycles. The quantitative estimate of drug-likeness (QED) is 0.894. The molecule has 2 nitrogen and oxygen atoms in total. The first-order valence-electron chi connectivity index (χ1n) is 6.22. The molecule has 1 N–H and O–H groups in total. The summed E-state index contributed by atoms with van der Waals surface area (Å²) in [4.78, 5) is 0. The summed E-state index contributed by atoms with van der Waals surface area (Å²) in [5, 5.41) is 12.3. The van der Waals surface area contributed by atoms with Crippen LogP contribution in [-0.4, -0.2) is 0 Å². The predicted octanol–water partition coefficient (Wildman–Crippen LogP) is 4.42. The van der Waals surface area contributed by atoms with Crippen LogP contribution in [0.15, 0.2) is 42.5 Å². The summed E-state index contributed by atoms with van der Waals surface area (Å²) in [6.07, 6.45) is -2.45. The zero-order valence-electron chi connectivity index (χ0n) is 11.0. The Hall–Kier alpha value is -2.41. The van der Waals surface area contributed by atoms with Gasteiger partial charge in [0.05, 0.1) is 11.3 Å². The van der Waals surface area contributed by atoms with Crippen molar-refractivity contribution >= 4 is 5.69 Å². The Morgan fingerprint density at radius 1 is 1.15 bits per heavy atom. The molecule has 0 atom stereocenters. The number of anilines is 1. The normalized spacial score (nSPS) is 10.3. The first kappa shape index (κ1) is 14.0. The minimum absolute atomic E-state index is 0.0158. The van der Waals surface area contributed by atoms with Crippen molar-refractivity contribution in [2.24, 2.45) is 0 Å². The second-order valence-electron chi connectivity index (χ2n) is 4.51. The highest BCUT2D eigenvalue weighted by Gasteiger charge is 2.07. The van der Waals surface area contributed by atoms with Gasteiger partial charge in [0.2, 0.25) is 0 Å². The fraction of sp³-hybridized carbons (Fsp3) is 0.188. The van der Waals surface area contributed by atoms with Gasteiger partial charge in [0.1, 0.15) is 6.07 Å². The van der Waals surface area contributed by atoms with Crippen molar-refractivity contribution < 1.29 is 8.78 Å². The minimum Gasteiger partial charge on any atom is -0.380 e. The maximum atomic E-state index is 12.4. The second-order valence-corrected chi connectivity index (χ2v) is 4.51. The molecule has 0 aliphatic rings. The van der Waals surface area contributed by atoms with Gasteiger partial charge in [-0.15, -0.1) is 0 Å². The summed E-state index contributed by atoms with van der Waals surface area (Å²) < 4.78 is 24.9. The number of halogens is 2. The van der Waals surface area contributed by atoms with Crippen LogP contribution in [0.4, 0.5) is 14.5 Å². The second kappa shape index (κ2) is 6.16. The number of aryl methyl sites for hydroxylation is 1. The van der Waals surface area contributed by atoms with Gasteiger partial charge in [0.25, 0.3) is 6.43 Å². The molecule has 0 aliphatic heterocycles. The SMILES string of the molecule is Cc1cccc(NCc2ccc(C(F)F)cc2)c1C#N. The highest BCUT2D eigenvalue weighted by molar-refractivity contribution is 5.60. The molecular weight excluding hydrogens is 258 g/mol. The summed E-state index contributed by atoms with van der Waals surface area (Å²) >= 11 is 0. The number of hydrogen-bond acceptors (Lipinski definition) is 2. The molecule has 0 spiro atoms. The van der Waals surface area contributed by atoms with Crippen LogP contribution >= 0.6 is 0 Å². The lowest BCUT2D eigenvalue weighted by atomic mass is 10.1. The van der Waals surface area contributed by atoms with E-state index >= 15 is 0 Å². The van der Waals surface area contributed by atoms with Crippen LogP contribution in [0.3, 0.4) is 0 Å². The average molecular weight is 272 g/mol. The van der Waals surface area contributed by atoms with Crippen LogP contribution in [0.25, 0.3) is 0 Å². The van der Waals surface area contributed by atoms with Crippen molar-refractivity contribution in [3.8, 4) is 6.07 Å². The molecule has 102 valence electrons. The van der Waals surface area contributed by atoms with Crippen LogP contribution in [0.1, 0.15) is 28.7 Å². The highest BCUT2D eigenvalue weighted by Crippen LogP contribution is 2.21. The molecule has 2 aromatic rings. The third kappa shape index (κ3) is 3.12. The van der Waals surface area contributed by atoms with Gasteiger partial charge in [-0.25, -0.2) is 8.78 Å². The van der Waals surface area contributed by atoms with Crippen molar-refractivity contribution in [1.82, 2.24) is 0 Å². The van der Waals surface area contributed by atoms with Crippen molar-refractivity contribution in [2.45, 2.75) is 19.9 Å². The smallest absolute Gasteiger partial charge is 0.263 e. The minimum atomic E-state index is -2.45. The zero-order chi connectivity index (χ0) is 14.5. The maximum absolute atomic E-state index is 12.4. The van der Waals surface area contributed by atoms with Gasteiger partial charge in [0, 0.05) is 12.1 Å². The molecule has 0 bridgehead atoms. The molecule has 0 saturated heterocycles. The van der Waals surface area contributed by atoms with E-state index in [0.29, 0.717) is 12.1 Å². The lowest BCUT2D eigenvalue weighted by Gasteiger charge is -2.10. The molecule has 2 aromatic carbocycles. The molecule has 0 radical (unpaired) electrons. The van der Waals surface area contributed by atoms with Crippen molar-refractivity contribution in [3.05, 3.63) is 64.7 Å². The van der Waals surface area contributed by atoms with E-state index in [-0.39, 0.29) is 5.56 Å². The summed E-state index contributed by atoms with van der Waals surface area (Å²) in [6, 6.07) is 13.9. The van der Waals surface area contributed by atoms with E-state index < -0.39 is 6.43 Å². The number of benzene rings is 2. The molecule has 0 fully saturated rings. The van der Waals surface area contributed by atoms with Crippen LogP contribution in [0.5, 0.6) is 0 Å². The number of nitrogens with one attached hydrogen (secondary N) is 1. The van der Waals surface area contributed by atoms with E-state index in [1.165, 1.54) is 12.1 Å². The Labute approximate surface area is 116 Å². The van der Waals surface area contributed by atoms with Crippen molar-refractivity contribution in [3.63, 3.8) is 0 Å². The number of rotatable bonds is 4. The Balaban J connectivity index is 2.09. The van der Waals surface area contributed by atoms with Crippen LogP contribution in [0.2, 0.25) is 0 Å². The molecular formula is C16H14F2N2. The molecule has 0 saturated carbocycles. The van der Waals surface area contributed by atoms with Gasteiger partial charge >= 0.3 is 0 Å². The van der Waals surface area contributed by atoms with Crippen LogP contribution in [0, 0.1) is 18.3 Å². The summed E-state index contributed by atoms with van der Waals surface area (Å²) in [6.45, 7) is 2.36. The van der Waals surface area contributed by atoms with E-state index in [2.05, 4.69) is 11.4 Å².